The van der Waals surface area contributed by atoms with Crippen LogP contribution in [0.1, 0.15) is 32.6 Å². The second kappa shape index (κ2) is 9.24. The number of ether oxygens (including phenoxy) is 1. The summed E-state index contributed by atoms with van der Waals surface area (Å²) >= 11 is 0. The number of carbonyl (C=O) groups is 2. The van der Waals surface area contributed by atoms with Gasteiger partial charge in [0.15, 0.2) is 6.61 Å². The lowest BCUT2D eigenvalue weighted by Crippen LogP contribution is -2.46. The molecule has 26 heavy (non-hydrogen) atoms. The van der Waals surface area contributed by atoms with Crippen LogP contribution in [0.3, 0.4) is 0 Å². The lowest BCUT2D eigenvalue weighted by molar-refractivity contribution is -0.135. The third-order valence-electron chi connectivity index (χ3n) is 5.12. The average molecular weight is 382 g/mol. The van der Waals surface area contributed by atoms with E-state index in [0.717, 1.165) is 38.0 Å². The smallest absolute Gasteiger partial charge is 0.260 e. The van der Waals surface area contributed by atoms with Crippen molar-refractivity contribution < 1.29 is 14.3 Å². The van der Waals surface area contributed by atoms with E-state index in [4.69, 9.17) is 10.5 Å². The summed E-state index contributed by atoms with van der Waals surface area (Å²) in [6.45, 7) is 4.24. The Morgan fingerprint density at radius 1 is 1.35 bits per heavy atom. The molecule has 0 aliphatic carbocycles. The van der Waals surface area contributed by atoms with Gasteiger partial charge in [-0.1, -0.05) is 6.07 Å². The highest BCUT2D eigenvalue weighted by molar-refractivity contribution is 5.95. The number of nitrogens with two attached hydrogens (primary N) is 1. The molecule has 0 bridgehead atoms. The average Bonchev–Trinajstić information content (AvgIpc) is 3.06. The van der Waals surface area contributed by atoms with Crippen molar-refractivity contribution in [2.24, 2.45) is 11.7 Å². The zero-order valence-electron chi connectivity index (χ0n) is 15.2. The van der Waals surface area contributed by atoms with Crippen molar-refractivity contribution in [3.63, 3.8) is 0 Å². The van der Waals surface area contributed by atoms with Crippen molar-refractivity contribution in [1.29, 1.82) is 0 Å². The summed E-state index contributed by atoms with van der Waals surface area (Å²) in [5.41, 5.74) is 6.82. The number of hydrogen-bond acceptors (Lipinski definition) is 4. The van der Waals surface area contributed by atoms with Crippen LogP contribution in [0.2, 0.25) is 0 Å². The van der Waals surface area contributed by atoms with E-state index < -0.39 is 0 Å². The molecule has 2 fully saturated rings. The number of halogens is 1. The van der Waals surface area contributed by atoms with Crippen LogP contribution in [-0.2, 0) is 9.59 Å². The first kappa shape index (κ1) is 20.5. The molecule has 144 valence electrons. The first-order valence-electron chi connectivity index (χ1n) is 9.11. The van der Waals surface area contributed by atoms with Crippen LogP contribution in [0.25, 0.3) is 0 Å². The molecule has 0 saturated carbocycles. The van der Waals surface area contributed by atoms with Crippen molar-refractivity contribution in [2.45, 2.75) is 38.6 Å². The van der Waals surface area contributed by atoms with Gasteiger partial charge in [0.25, 0.3) is 5.91 Å². The summed E-state index contributed by atoms with van der Waals surface area (Å²) in [4.78, 5) is 27.9. The fourth-order valence-electron chi connectivity index (χ4n) is 3.56. The van der Waals surface area contributed by atoms with Crippen LogP contribution in [-0.4, -0.2) is 49.0 Å². The molecule has 2 amide bonds. The Bertz CT molecular complexity index is 638. The van der Waals surface area contributed by atoms with Gasteiger partial charge in [0.05, 0.1) is 0 Å². The largest absolute Gasteiger partial charge is 0.484 e. The van der Waals surface area contributed by atoms with Crippen LogP contribution in [0.5, 0.6) is 5.75 Å². The molecule has 2 N–H and O–H groups in total. The van der Waals surface area contributed by atoms with Crippen molar-refractivity contribution in [2.75, 3.05) is 31.1 Å². The van der Waals surface area contributed by atoms with Gasteiger partial charge in [0, 0.05) is 43.9 Å². The summed E-state index contributed by atoms with van der Waals surface area (Å²) in [7, 11) is 0. The molecule has 1 aromatic carbocycles. The quantitative estimate of drug-likeness (QED) is 0.848. The molecule has 2 aliphatic rings. The number of likely N-dealkylation sites (tertiary alicyclic amines) is 1. The summed E-state index contributed by atoms with van der Waals surface area (Å²) in [6.07, 6.45) is 3.55. The van der Waals surface area contributed by atoms with Crippen LogP contribution in [0, 0.1) is 5.92 Å². The standard InChI is InChI=1S/C19H27N3O3.ClH/c1-14(20)15-5-3-9-21(12-15)19(24)13-25-17-7-2-6-16(11-17)22-10-4-8-18(22)23;/h2,6-7,11,14-15H,3-5,8-10,12-13,20H2,1H3;1H. The maximum absolute atomic E-state index is 12.4. The molecule has 0 spiro atoms. The number of hydrogen-bond donors (Lipinski definition) is 1. The molecule has 1 aromatic rings. The van der Waals surface area contributed by atoms with E-state index in [9.17, 15) is 9.59 Å². The third-order valence-corrected chi connectivity index (χ3v) is 5.12. The van der Waals surface area contributed by atoms with Gasteiger partial charge in [-0.3, -0.25) is 9.59 Å². The monoisotopic (exact) mass is 381 g/mol. The Kier molecular flexibility index (Phi) is 7.29. The maximum Gasteiger partial charge on any atom is 0.260 e. The SMILES string of the molecule is CC(N)C1CCCN(C(=O)COc2cccc(N3CCCC3=O)c2)C1.Cl. The number of rotatable bonds is 5. The van der Waals surface area contributed by atoms with Gasteiger partial charge in [-0.2, -0.15) is 0 Å². The Labute approximate surface area is 161 Å². The minimum Gasteiger partial charge on any atom is -0.484 e. The zero-order chi connectivity index (χ0) is 17.8. The molecular formula is C19H28ClN3O3. The van der Waals surface area contributed by atoms with E-state index in [-0.39, 0.29) is 36.9 Å². The fourth-order valence-corrected chi connectivity index (χ4v) is 3.56. The number of benzene rings is 1. The van der Waals surface area contributed by atoms with Crippen molar-refractivity contribution in [3.05, 3.63) is 24.3 Å². The molecule has 2 aliphatic heterocycles. The van der Waals surface area contributed by atoms with Gasteiger partial charge in [-0.15, -0.1) is 12.4 Å². The summed E-state index contributed by atoms with van der Waals surface area (Å²) in [5, 5.41) is 0. The van der Waals surface area contributed by atoms with E-state index in [1.54, 1.807) is 4.90 Å². The van der Waals surface area contributed by atoms with Crippen molar-refractivity contribution >= 4 is 29.9 Å². The summed E-state index contributed by atoms with van der Waals surface area (Å²) < 4.78 is 5.69. The molecule has 2 atom stereocenters. The summed E-state index contributed by atoms with van der Waals surface area (Å²) in [5.74, 6) is 1.12. The molecule has 2 saturated heterocycles. The van der Waals surface area contributed by atoms with E-state index in [1.165, 1.54) is 0 Å². The number of carbonyl (C=O) groups excluding carboxylic acids is 2. The number of piperidine rings is 1. The van der Waals surface area contributed by atoms with Gasteiger partial charge in [0.1, 0.15) is 5.75 Å². The first-order valence-corrected chi connectivity index (χ1v) is 9.11. The highest BCUT2D eigenvalue weighted by atomic mass is 35.5. The second-order valence-electron chi connectivity index (χ2n) is 7.04. The molecule has 3 rings (SSSR count). The predicted octanol–water partition coefficient (Wildman–Crippen LogP) is 2.20. The molecular weight excluding hydrogens is 354 g/mol. The predicted molar refractivity (Wildman–Crippen MR) is 104 cm³/mol. The topological polar surface area (TPSA) is 75.9 Å². The molecule has 0 radical (unpaired) electrons. The summed E-state index contributed by atoms with van der Waals surface area (Å²) in [6, 6.07) is 7.51. The van der Waals surface area contributed by atoms with Gasteiger partial charge >= 0.3 is 0 Å². The highest BCUT2D eigenvalue weighted by Crippen LogP contribution is 2.25. The van der Waals surface area contributed by atoms with E-state index in [1.807, 2.05) is 36.1 Å². The van der Waals surface area contributed by atoms with Crippen LogP contribution in [0.15, 0.2) is 24.3 Å². The maximum atomic E-state index is 12.4. The molecule has 0 aromatic heterocycles. The normalized spacial score (nSPS) is 21.3. The Hall–Kier alpha value is -1.79. The minimum atomic E-state index is -0.00648. The van der Waals surface area contributed by atoms with E-state index in [2.05, 4.69) is 0 Å². The highest BCUT2D eigenvalue weighted by Gasteiger charge is 2.26. The van der Waals surface area contributed by atoms with Gasteiger partial charge in [-0.05, 0) is 44.2 Å². The number of amides is 2. The molecule has 6 nitrogen and oxygen atoms in total. The molecule has 7 heteroatoms. The van der Waals surface area contributed by atoms with Crippen LogP contribution < -0.4 is 15.4 Å². The fraction of sp³-hybridized carbons (Fsp3) is 0.579. The molecule has 2 unspecified atom stereocenters. The first-order chi connectivity index (χ1) is 12.0. The van der Waals surface area contributed by atoms with Gasteiger partial charge in [-0.25, -0.2) is 0 Å². The third kappa shape index (κ3) is 4.89. The van der Waals surface area contributed by atoms with E-state index >= 15 is 0 Å². The lowest BCUT2D eigenvalue weighted by Gasteiger charge is -2.34. The Balaban J connectivity index is 0.00000243. The van der Waals surface area contributed by atoms with Gasteiger partial charge < -0.3 is 20.3 Å². The molecule has 2 heterocycles. The lowest BCUT2D eigenvalue weighted by atomic mass is 9.92. The number of anilines is 1. The Morgan fingerprint density at radius 2 is 2.15 bits per heavy atom. The number of nitrogens with zero attached hydrogens (tertiary/aromatic N) is 2. The minimum absolute atomic E-state index is 0. The van der Waals surface area contributed by atoms with Crippen LogP contribution in [0.4, 0.5) is 5.69 Å². The van der Waals surface area contributed by atoms with E-state index in [0.29, 0.717) is 24.6 Å². The second-order valence-corrected chi connectivity index (χ2v) is 7.04. The van der Waals surface area contributed by atoms with Crippen molar-refractivity contribution in [1.82, 2.24) is 4.90 Å². The zero-order valence-corrected chi connectivity index (χ0v) is 16.0. The van der Waals surface area contributed by atoms with Gasteiger partial charge in [0.2, 0.25) is 5.91 Å². The van der Waals surface area contributed by atoms with Crippen LogP contribution >= 0.6 is 12.4 Å². The van der Waals surface area contributed by atoms with Crippen molar-refractivity contribution in [3.8, 4) is 5.75 Å². The Morgan fingerprint density at radius 3 is 2.85 bits per heavy atom.